The first-order valence-corrected chi connectivity index (χ1v) is 6.96. The number of benzene rings is 1. The lowest BCUT2D eigenvalue weighted by atomic mass is 10.2. The van der Waals surface area contributed by atoms with Crippen LogP contribution in [0.25, 0.3) is 5.69 Å². The molecule has 0 aliphatic carbocycles. The van der Waals surface area contributed by atoms with E-state index in [0.717, 1.165) is 31.9 Å². The van der Waals surface area contributed by atoms with E-state index in [4.69, 9.17) is 0 Å². The van der Waals surface area contributed by atoms with Crippen LogP contribution in [0.4, 0.5) is 4.39 Å². The Kier molecular flexibility index (Phi) is 5.33. The van der Waals surface area contributed by atoms with Crippen molar-refractivity contribution < 1.29 is 4.39 Å². The predicted octanol–water partition coefficient (Wildman–Crippen LogP) is 2.23. The summed E-state index contributed by atoms with van der Waals surface area (Å²) in [5.74, 6) is -0.226. The lowest BCUT2D eigenvalue weighted by molar-refractivity contribution is 0.199. The molecule has 1 N–H and O–H groups in total. The van der Waals surface area contributed by atoms with E-state index < -0.39 is 0 Å². The molecule has 0 spiro atoms. The summed E-state index contributed by atoms with van der Waals surface area (Å²) in [6.07, 6.45) is 3.90. The van der Waals surface area contributed by atoms with E-state index in [9.17, 15) is 4.39 Å². The zero-order valence-electron chi connectivity index (χ0n) is 12.0. The Balaban J connectivity index is 0.00000161. The van der Waals surface area contributed by atoms with Gasteiger partial charge in [0.15, 0.2) is 0 Å². The first kappa shape index (κ1) is 15.9. The van der Waals surface area contributed by atoms with Gasteiger partial charge in [0.25, 0.3) is 0 Å². The Morgan fingerprint density at radius 3 is 2.81 bits per heavy atom. The summed E-state index contributed by atoms with van der Waals surface area (Å²) in [4.78, 5) is 2.42. The summed E-state index contributed by atoms with van der Waals surface area (Å²) < 4.78 is 14.7. The molecule has 0 radical (unpaired) electrons. The molecule has 21 heavy (non-hydrogen) atoms. The average Bonchev–Trinajstić information content (AvgIpc) is 2.88. The van der Waals surface area contributed by atoms with Crippen LogP contribution in [-0.4, -0.2) is 40.4 Å². The summed E-state index contributed by atoms with van der Waals surface area (Å²) in [5, 5.41) is 7.79. The third-order valence-corrected chi connectivity index (χ3v) is 3.59. The maximum absolute atomic E-state index is 12.9. The lowest BCUT2D eigenvalue weighted by Crippen LogP contribution is -2.48. The molecule has 0 bridgehead atoms. The highest BCUT2D eigenvalue weighted by molar-refractivity contribution is 5.85. The van der Waals surface area contributed by atoms with E-state index in [2.05, 4.69) is 22.2 Å². The first-order chi connectivity index (χ1) is 9.70. The van der Waals surface area contributed by atoms with Crippen molar-refractivity contribution in [1.82, 2.24) is 20.0 Å². The van der Waals surface area contributed by atoms with Gasteiger partial charge in [-0.05, 0) is 31.2 Å². The van der Waals surface area contributed by atoms with Gasteiger partial charge in [0, 0.05) is 44.0 Å². The zero-order chi connectivity index (χ0) is 13.9. The van der Waals surface area contributed by atoms with E-state index in [1.807, 2.05) is 12.4 Å². The van der Waals surface area contributed by atoms with E-state index in [1.165, 1.54) is 17.7 Å². The topological polar surface area (TPSA) is 33.1 Å². The van der Waals surface area contributed by atoms with Gasteiger partial charge in [-0.15, -0.1) is 12.4 Å². The minimum atomic E-state index is -0.226. The van der Waals surface area contributed by atoms with Crippen LogP contribution in [0.15, 0.2) is 36.7 Å². The van der Waals surface area contributed by atoms with Gasteiger partial charge in [-0.1, -0.05) is 0 Å². The molecule has 1 aliphatic rings. The van der Waals surface area contributed by atoms with E-state index >= 15 is 0 Å². The van der Waals surface area contributed by atoms with Crippen LogP contribution < -0.4 is 5.32 Å². The van der Waals surface area contributed by atoms with Gasteiger partial charge in [-0.3, -0.25) is 4.90 Å². The van der Waals surface area contributed by atoms with Gasteiger partial charge in [0.1, 0.15) is 5.82 Å². The number of nitrogens with one attached hydrogen (secondary N) is 1. The second-order valence-corrected chi connectivity index (χ2v) is 5.36. The third kappa shape index (κ3) is 4.03. The largest absolute Gasteiger partial charge is 0.312 e. The molecule has 1 saturated heterocycles. The smallest absolute Gasteiger partial charge is 0.123 e. The van der Waals surface area contributed by atoms with E-state index in [1.54, 1.807) is 16.8 Å². The number of hydrogen-bond donors (Lipinski definition) is 1. The van der Waals surface area contributed by atoms with Crippen molar-refractivity contribution in [3.8, 4) is 5.69 Å². The summed E-state index contributed by atoms with van der Waals surface area (Å²) >= 11 is 0. The van der Waals surface area contributed by atoms with E-state index in [-0.39, 0.29) is 18.2 Å². The van der Waals surface area contributed by atoms with Crippen molar-refractivity contribution in [3.63, 3.8) is 0 Å². The molecule has 1 aromatic heterocycles. The molecular weight excluding hydrogens is 291 g/mol. The highest BCUT2D eigenvalue weighted by atomic mass is 35.5. The Bertz CT molecular complexity index is 569. The molecule has 3 rings (SSSR count). The third-order valence-electron chi connectivity index (χ3n) is 3.59. The van der Waals surface area contributed by atoms with Crippen LogP contribution >= 0.6 is 12.4 Å². The van der Waals surface area contributed by atoms with Crippen molar-refractivity contribution in [2.24, 2.45) is 0 Å². The highest BCUT2D eigenvalue weighted by Gasteiger charge is 2.16. The number of nitrogens with zero attached hydrogens (tertiary/aromatic N) is 3. The molecule has 0 amide bonds. The van der Waals surface area contributed by atoms with Crippen LogP contribution in [0.1, 0.15) is 12.5 Å². The molecular formula is C15H20ClFN4. The molecule has 114 valence electrons. The highest BCUT2D eigenvalue weighted by Crippen LogP contribution is 2.12. The number of rotatable bonds is 3. The zero-order valence-corrected chi connectivity index (χ0v) is 12.8. The fourth-order valence-corrected chi connectivity index (χ4v) is 2.59. The molecule has 1 aromatic carbocycles. The monoisotopic (exact) mass is 310 g/mol. The fourth-order valence-electron chi connectivity index (χ4n) is 2.59. The molecule has 0 saturated carbocycles. The van der Waals surface area contributed by atoms with Gasteiger partial charge < -0.3 is 5.32 Å². The molecule has 4 nitrogen and oxygen atoms in total. The molecule has 6 heteroatoms. The standard InChI is InChI=1S/C15H19FN4.ClH/c1-12-9-19(7-6-17-12)10-13-8-18-20(11-13)15-4-2-14(16)3-5-15;/h2-5,8,11-12,17H,6-7,9-10H2,1H3;1H/t12-;/m0./s1. The number of aromatic nitrogens is 2. The van der Waals surface area contributed by atoms with Crippen LogP contribution in [0.3, 0.4) is 0 Å². The van der Waals surface area contributed by atoms with Crippen molar-refractivity contribution >= 4 is 12.4 Å². The second kappa shape index (κ2) is 7.02. The summed E-state index contributed by atoms with van der Waals surface area (Å²) in [7, 11) is 0. The van der Waals surface area contributed by atoms with Gasteiger partial charge in [0.05, 0.1) is 11.9 Å². The SMILES string of the molecule is C[C@H]1CN(Cc2cnn(-c3ccc(F)cc3)c2)CCN1.Cl. The molecule has 0 unspecified atom stereocenters. The van der Waals surface area contributed by atoms with Crippen molar-refractivity contribution in [3.05, 3.63) is 48.0 Å². The van der Waals surface area contributed by atoms with Gasteiger partial charge >= 0.3 is 0 Å². The minimum absolute atomic E-state index is 0. The molecule has 2 aromatic rings. The molecule has 1 aliphatic heterocycles. The Hall–Kier alpha value is -1.43. The lowest BCUT2D eigenvalue weighted by Gasteiger charge is -2.31. The summed E-state index contributed by atoms with van der Waals surface area (Å²) in [6, 6.07) is 6.91. The average molecular weight is 311 g/mol. The van der Waals surface area contributed by atoms with Crippen LogP contribution in [0, 0.1) is 5.82 Å². The van der Waals surface area contributed by atoms with Gasteiger partial charge in [-0.2, -0.15) is 5.10 Å². The Morgan fingerprint density at radius 1 is 1.33 bits per heavy atom. The molecule has 2 heterocycles. The quantitative estimate of drug-likeness (QED) is 0.944. The van der Waals surface area contributed by atoms with Gasteiger partial charge in [0.2, 0.25) is 0 Å². The van der Waals surface area contributed by atoms with Crippen LogP contribution in [0.5, 0.6) is 0 Å². The second-order valence-electron chi connectivity index (χ2n) is 5.36. The van der Waals surface area contributed by atoms with Crippen LogP contribution in [-0.2, 0) is 6.54 Å². The summed E-state index contributed by atoms with van der Waals surface area (Å²) in [6.45, 7) is 6.27. The maximum Gasteiger partial charge on any atom is 0.123 e. The fraction of sp³-hybridized carbons (Fsp3) is 0.400. The normalized spacial score (nSPS) is 19.2. The van der Waals surface area contributed by atoms with E-state index in [0.29, 0.717) is 6.04 Å². The van der Waals surface area contributed by atoms with Crippen molar-refractivity contribution in [2.75, 3.05) is 19.6 Å². The predicted molar refractivity (Wildman–Crippen MR) is 83.5 cm³/mol. The summed E-state index contributed by atoms with van der Waals surface area (Å²) in [5.41, 5.74) is 2.06. The van der Waals surface area contributed by atoms with Crippen molar-refractivity contribution in [1.29, 1.82) is 0 Å². The Morgan fingerprint density at radius 2 is 2.10 bits per heavy atom. The van der Waals surface area contributed by atoms with Crippen molar-refractivity contribution in [2.45, 2.75) is 19.5 Å². The molecule has 1 fully saturated rings. The first-order valence-electron chi connectivity index (χ1n) is 6.96. The van der Waals surface area contributed by atoms with Crippen LogP contribution in [0.2, 0.25) is 0 Å². The maximum atomic E-state index is 12.9. The minimum Gasteiger partial charge on any atom is -0.312 e. The Labute approximate surface area is 130 Å². The number of piperazine rings is 1. The van der Waals surface area contributed by atoms with Gasteiger partial charge in [-0.25, -0.2) is 9.07 Å². The molecule has 1 atom stereocenters. The number of halogens is 2. The number of hydrogen-bond acceptors (Lipinski definition) is 3.